The summed E-state index contributed by atoms with van der Waals surface area (Å²) in [5.74, 6) is 1.45. The lowest BCUT2D eigenvalue weighted by atomic mass is 9.83. The maximum atomic E-state index is 5.40. The van der Waals surface area contributed by atoms with E-state index in [0.717, 1.165) is 11.5 Å². The van der Waals surface area contributed by atoms with E-state index in [0.29, 0.717) is 5.92 Å². The van der Waals surface area contributed by atoms with Gasteiger partial charge < -0.3 is 14.8 Å². The topological polar surface area (TPSA) is 43.4 Å². The van der Waals surface area contributed by atoms with Gasteiger partial charge in [0.25, 0.3) is 0 Å². The minimum atomic E-state index is -0.384. The number of pyridine rings is 1. The van der Waals surface area contributed by atoms with Crippen LogP contribution in [0.2, 0.25) is 0 Å². The summed E-state index contributed by atoms with van der Waals surface area (Å²) in [6.45, 7) is 0. The van der Waals surface area contributed by atoms with Gasteiger partial charge in [0.2, 0.25) is 6.29 Å². The third-order valence-electron chi connectivity index (χ3n) is 3.91. The van der Waals surface area contributed by atoms with Gasteiger partial charge in [-0.1, -0.05) is 25.3 Å². The molecule has 2 rings (SSSR count). The first-order chi connectivity index (χ1) is 9.30. The summed E-state index contributed by atoms with van der Waals surface area (Å²) in [6, 6.07) is 4.21. The Bertz CT molecular complexity index is 399. The molecule has 0 aliphatic heterocycles. The van der Waals surface area contributed by atoms with E-state index < -0.39 is 0 Å². The lowest BCUT2D eigenvalue weighted by molar-refractivity contribution is -0.109. The number of methoxy groups -OCH3 is 2. The third-order valence-corrected chi connectivity index (χ3v) is 3.91. The van der Waals surface area contributed by atoms with Crippen molar-refractivity contribution in [1.82, 2.24) is 4.98 Å². The second-order valence-corrected chi connectivity index (χ2v) is 5.06. The predicted molar refractivity (Wildman–Crippen MR) is 76.4 cm³/mol. The van der Waals surface area contributed by atoms with Crippen LogP contribution in [0.4, 0.5) is 5.82 Å². The molecule has 4 nitrogen and oxygen atoms in total. The SMILES string of the molecule is CNc1ccc(C2CCCCC2)c(C(OC)OC)n1. The molecule has 1 aromatic rings. The highest BCUT2D eigenvalue weighted by Crippen LogP contribution is 2.36. The Kier molecular flexibility index (Phi) is 5.16. The van der Waals surface area contributed by atoms with Crippen LogP contribution in [-0.4, -0.2) is 26.3 Å². The highest BCUT2D eigenvalue weighted by Gasteiger charge is 2.24. The number of anilines is 1. The highest BCUT2D eigenvalue weighted by atomic mass is 16.7. The van der Waals surface area contributed by atoms with Crippen molar-refractivity contribution < 1.29 is 9.47 Å². The van der Waals surface area contributed by atoms with Crippen molar-refractivity contribution in [2.45, 2.75) is 44.3 Å². The van der Waals surface area contributed by atoms with Gasteiger partial charge in [-0.25, -0.2) is 4.98 Å². The van der Waals surface area contributed by atoms with Crippen molar-refractivity contribution in [1.29, 1.82) is 0 Å². The molecule has 0 unspecified atom stereocenters. The quantitative estimate of drug-likeness (QED) is 0.827. The Balaban J connectivity index is 2.34. The molecule has 0 bridgehead atoms. The lowest BCUT2D eigenvalue weighted by Crippen LogP contribution is -2.15. The summed E-state index contributed by atoms with van der Waals surface area (Å²) in [7, 11) is 5.19. The second kappa shape index (κ2) is 6.87. The first-order valence-electron chi connectivity index (χ1n) is 7.04. The summed E-state index contributed by atoms with van der Waals surface area (Å²) < 4.78 is 10.8. The number of ether oxygens (including phenoxy) is 2. The van der Waals surface area contributed by atoms with Crippen molar-refractivity contribution in [3.05, 3.63) is 23.4 Å². The summed E-state index contributed by atoms with van der Waals surface area (Å²) in [6.07, 6.45) is 6.07. The Morgan fingerprint density at radius 1 is 1.16 bits per heavy atom. The summed E-state index contributed by atoms with van der Waals surface area (Å²) >= 11 is 0. The van der Waals surface area contributed by atoms with Crippen LogP contribution < -0.4 is 5.32 Å². The fourth-order valence-electron chi connectivity index (χ4n) is 2.89. The molecule has 4 heteroatoms. The lowest BCUT2D eigenvalue weighted by Gasteiger charge is -2.26. The van der Waals surface area contributed by atoms with Gasteiger partial charge in [0, 0.05) is 21.3 Å². The number of hydrogen-bond acceptors (Lipinski definition) is 4. The molecule has 0 saturated heterocycles. The van der Waals surface area contributed by atoms with Gasteiger partial charge in [-0.05, 0) is 30.4 Å². The zero-order valence-electron chi connectivity index (χ0n) is 12.1. The average molecular weight is 264 g/mol. The zero-order chi connectivity index (χ0) is 13.7. The Morgan fingerprint density at radius 3 is 2.42 bits per heavy atom. The molecular weight excluding hydrogens is 240 g/mol. The number of nitrogens with zero attached hydrogens (tertiary/aromatic N) is 1. The smallest absolute Gasteiger partial charge is 0.200 e. The van der Waals surface area contributed by atoms with Crippen molar-refractivity contribution in [3.8, 4) is 0 Å². The van der Waals surface area contributed by atoms with Crippen LogP contribution in [0, 0.1) is 0 Å². The molecule has 1 fully saturated rings. The van der Waals surface area contributed by atoms with Crippen molar-refractivity contribution in [3.63, 3.8) is 0 Å². The van der Waals surface area contributed by atoms with Gasteiger partial charge in [0.1, 0.15) is 11.5 Å². The molecular formula is C15H24N2O2. The Labute approximate surface area is 115 Å². The molecule has 0 atom stereocenters. The van der Waals surface area contributed by atoms with E-state index in [1.807, 2.05) is 13.1 Å². The third kappa shape index (κ3) is 3.25. The molecule has 0 spiro atoms. The van der Waals surface area contributed by atoms with Gasteiger partial charge in [-0.15, -0.1) is 0 Å². The minimum Gasteiger partial charge on any atom is -0.373 e. The van der Waals surface area contributed by atoms with E-state index in [1.165, 1.54) is 37.7 Å². The molecule has 1 aliphatic carbocycles. The normalized spacial score (nSPS) is 16.8. The van der Waals surface area contributed by atoms with Gasteiger partial charge in [-0.2, -0.15) is 0 Å². The maximum Gasteiger partial charge on any atom is 0.200 e. The standard InChI is InChI=1S/C15H24N2O2/c1-16-13-10-9-12(11-7-5-4-6-8-11)14(17-13)15(18-2)19-3/h9-11,15H,4-8H2,1-3H3,(H,16,17). The molecule has 0 radical (unpaired) electrons. The van der Waals surface area contributed by atoms with Crippen LogP contribution in [0.1, 0.15) is 55.6 Å². The minimum absolute atomic E-state index is 0.384. The molecule has 19 heavy (non-hydrogen) atoms. The molecule has 0 amide bonds. The maximum absolute atomic E-state index is 5.40. The number of rotatable bonds is 5. The largest absolute Gasteiger partial charge is 0.373 e. The Morgan fingerprint density at radius 2 is 1.84 bits per heavy atom. The molecule has 106 valence electrons. The van der Waals surface area contributed by atoms with Crippen LogP contribution in [0.3, 0.4) is 0 Å². The fraction of sp³-hybridized carbons (Fsp3) is 0.667. The zero-order valence-corrected chi connectivity index (χ0v) is 12.1. The van der Waals surface area contributed by atoms with Crippen LogP contribution >= 0.6 is 0 Å². The van der Waals surface area contributed by atoms with Gasteiger partial charge in [-0.3, -0.25) is 0 Å². The van der Waals surface area contributed by atoms with Crippen molar-refractivity contribution >= 4 is 5.82 Å². The van der Waals surface area contributed by atoms with Crippen LogP contribution in [0.25, 0.3) is 0 Å². The monoisotopic (exact) mass is 264 g/mol. The van der Waals surface area contributed by atoms with Gasteiger partial charge in [0.15, 0.2) is 0 Å². The van der Waals surface area contributed by atoms with Crippen LogP contribution in [0.15, 0.2) is 12.1 Å². The van der Waals surface area contributed by atoms with E-state index in [2.05, 4.69) is 16.4 Å². The molecule has 1 aliphatic rings. The molecule has 1 heterocycles. The highest BCUT2D eigenvalue weighted by molar-refractivity contribution is 5.40. The van der Waals surface area contributed by atoms with Crippen LogP contribution in [0.5, 0.6) is 0 Å². The number of nitrogens with one attached hydrogen (secondary N) is 1. The Hall–Kier alpha value is -1.13. The molecule has 1 aromatic heterocycles. The van der Waals surface area contributed by atoms with Crippen LogP contribution in [-0.2, 0) is 9.47 Å². The number of hydrogen-bond donors (Lipinski definition) is 1. The van der Waals surface area contributed by atoms with Crippen molar-refractivity contribution in [2.75, 3.05) is 26.6 Å². The first kappa shape index (κ1) is 14.3. The van der Waals surface area contributed by atoms with Gasteiger partial charge >= 0.3 is 0 Å². The first-order valence-corrected chi connectivity index (χ1v) is 7.04. The summed E-state index contributed by atoms with van der Waals surface area (Å²) in [5.41, 5.74) is 2.20. The molecule has 1 N–H and O–H groups in total. The van der Waals surface area contributed by atoms with Crippen molar-refractivity contribution in [2.24, 2.45) is 0 Å². The fourth-order valence-corrected chi connectivity index (χ4v) is 2.89. The van der Waals surface area contributed by atoms with E-state index in [9.17, 15) is 0 Å². The second-order valence-electron chi connectivity index (χ2n) is 5.06. The van der Waals surface area contributed by atoms with E-state index in [1.54, 1.807) is 14.2 Å². The van der Waals surface area contributed by atoms with Gasteiger partial charge in [0.05, 0.1) is 0 Å². The predicted octanol–water partition coefficient (Wildman–Crippen LogP) is 3.46. The molecule has 0 aromatic carbocycles. The molecule has 1 saturated carbocycles. The number of aromatic nitrogens is 1. The summed E-state index contributed by atoms with van der Waals surface area (Å²) in [4.78, 5) is 4.65. The van der Waals surface area contributed by atoms with E-state index >= 15 is 0 Å². The average Bonchev–Trinajstić information content (AvgIpc) is 2.49. The summed E-state index contributed by atoms with van der Waals surface area (Å²) in [5, 5.41) is 3.08. The van der Waals surface area contributed by atoms with E-state index in [-0.39, 0.29) is 6.29 Å². The van der Waals surface area contributed by atoms with E-state index in [4.69, 9.17) is 9.47 Å².